The van der Waals surface area contributed by atoms with E-state index in [1.807, 2.05) is 0 Å². The van der Waals surface area contributed by atoms with Crippen molar-refractivity contribution >= 4 is 17.1 Å². The molecule has 0 bridgehead atoms. The van der Waals surface area contributed by atoms with Gasteiger partial charge in [-0.25, -0.2) is 14.2 Å². The third-order valence-electron chi connectivity index (χ3n) is 4.00. The molecule has 2 heterocycles. The molecule has 0 unspecified atom stereocenters. The second-order valence-corrected chi connectivity index (χ2v) is 5.42. The molecule has 0 saturated heterocycles. The molecule has 2 aromatic rings. The van der Waals surface area contributed by atoms with Gasteiger partial charge >= 0.3 is 11.7 Å². The molecular weight excluding hydrogens is 277 g/mol. The normalized spacial score (nSPS) is 16.4. The van der Waals surface area contributed by atoms with Crippen LogP contribution in [0.15, 0.2) is 17.1 Å². The summed E-state index contributed by atoms with van der Waals surface area (Å²) in [7, 11) is 0. The van der Waals surface area contributed by atoms with E-state index < -0.39 is 24.0 Å². The zero-order valence-corrected chi connectivity index (χ0v) is 11.5. The van der Waals surface area contributed by atoms with Crippen LogP contribution >= 0.6 is 0 Å². The molecule has 2 aromatic heterocycles. The summed E-state index contributed by atoms with van der Waals surface area (Å²) >= 11 is 0. The number of hydrogen-bond acceptors (Lipinski definition) is 3. The first-order chi connectivity index (χ1) is 10.1. The van der Waals surface area contributed by atoms with Crippen molar-refractivity contribution in [2.45, 2.75) is 44.7 Å². The zero-order chi connectivity index (χ0) is 15.0. The van der Waals surface area contributed by atoms with Crippen LogP contribution in [0.5, 0.6) is 0 Å². The summed E-state index contributed by atoms with van der Waals surface area (Å²) < 4.78 is 16.0. The largest absolute Gasteiger partial charge is 0.480 e. The maximum atomic E-state index is 13.4. The van der Waals surface area contributed by atoms with Gasteiger partial charge in [-0.05, 0) is 12.8 Å². The van der Waals surface area contributed by atoms with Crippen molar-refractivity contribution in [3.05, 3.63) is 28.6 Å². The maximum absolute atomic E-state index is 13.4. The first-order valence-electron chi connectivity index (χ1n) is 7.06. The molecule has 6 nitrogen and oxygen atoms in total. The molecule has 1 N–H and O–H groups in total. The standard InChI is InChI=1S/C14H16FN3O3/c15-9-6-11-13(16-7-9)18(10-4-2-1-3-5-10)14(21)17(11)8-12(19)20/h6-7,10H,1-5,8H2,(H,19,20). The van der Waals surface area contributed by atoms with Gasteiger partial charge in [0, 0.05) is 12.1 Å². The van der Waals surface area contributed by atoms with Crippen molar-refractivity contribution in [3.63, 3.8) is 0 Å². The van der Waals surface area contributed by atoms with E-state index in [0.717, 1.165) is 42.9 Å². The highest BCUT2D eigenvalue weighted by molar-refractivity contribution is 5.75. The van der Waals surface area contributed by atoms with Crippen LogP contribution in [0.1, 0.15) is 38.1 Å². The highest BCUT2D eigenvalue weighted by Gasteiger charge is 2.24. The zero-order valence-electron chi connectivity index (χ0n) is 11.5. The van der Waals surface area contributed by atoms with Crippen molar-refractivity contribution in [2.75, 3.05) is 0 Å². The van der Waals surface area contributed by atoms with E-state index in [9.17, 15) is 14.0 Å². The van der Waals surface area contributed by atoms with Crippen molar-refractivity contribution in [2.24, 2.45) is 0 Å². The van der Waals surface area contributed by atoms with Gasteiger partial charge in [0.2, 0.25) is 0 Å². The number of aliphatic carboxylic acids is 1. The molecule has 0 aromatic carbocycles. The molecule has 3 rings (SSSR count). The summed E-state index contributed by atoms with van der Waals surface area (Å²) in [6.45, 7) is -0.486. The number of carboxylic acid groups (broad SMARTS) is 1. The molecule has 1 saturated carbocycles. The average Bonchev–Trinajstić information content (AvgIpc) is 2.72. The fraction of sp³-hybridized carbons (Fsp3) is 0.500. The second-order valence-electron chi connectivity index (χ2n) is 5.42. The molecule has 0 spiro atoms. The lowest BCUT2D eigenvalue weighted by Gasteiger charge is -2.22. The fourth-order valence-electron chi connectivity index (χ4n) is 3.09. The first-order valence-corrected chi connectivity index (χ1v) is 7.06. The van der Waals surface area contributed by atoms with Crippen LogP contribution in [0.2, 0.25) is 0 Å². The van der Waals surface area contributed by atoms with E-state index in [0.29, 0.717) is 5.65 Å². The summed E-state index contributed by atoms with van der Waals surface area (Å²) in [5, 5.41) is 8.96. The number of halogens is 1. The number of aromatic nitrogens is 3. The summed E-state index contributed by atoms with van der Waals surface area (Å²) in [4.78, 5) is 27.5. The first kappa shape index (κ1) is 13.8. The minimum atomic E-state index is -1.14. The molecule has 7 heteroatoms. The van der Waals surface area contributed by atoms with Crippen LogP contribution in [-0.4, -0.2) is 25.2 Å². The van der Waals surface area contributed by atoms with Gasteiger partial charge in [0.25, 0.3) is 0 Å². The summed E-state index contributed by atoms with van der Waals surface area (Å²) in [6, 6.07) is 1.19. The van der Waals surface area contributed by atoms with Gasteiger partial charge in [0.05, 0.1) is 11.7 Å². The minimum absolute atomic E-state index is 0.0155. The quantitative estimate of drug-likeness (QED) is 0.938. The molecule has 1 aliphatic rings. The van der Waals surface area contributed by atoms with Crippen molar-refractivity contribution in [1.82, 2.24) is 14.1 Å². The van der Waals surface area contributed by atoms with Gasteiger partial charge in [-0.15, -0.1) is 0 Å². The number of imidazole rings is 1. The van der Waals surface area contributed by atoms with Gasteiger partial charge in [0.15, 0.2) is 5.65 Å². The molecule has 0 aliphatic heterocycles. The Balaban J connectivity index is 2.21. The van der Waals surface area contributed by atoms with E-state index in [2.05, 4.69) is 4.98 Å². The third kappa shape index (κ3) is 2.43. The number of pyridine rings is 1. The highest BCUT2D eigenvalue weighted by Crippen LogP contribution is 2.29. The van der Waals surface area contributed by atoms with Crippen LogP contribution < -0.4 is 5.69 Å². The predicted molar refractivity (Wildman–Crippen MR) is 73.7 cm³/mol. The van der Waals surface area contributed by atoms with Crippen LogP contribution in [0.4, 0.5) is 4.39 Å². The highest BCUT2D eigenvalue weighted by atomic mass is 19.1. The van der Waals surface area contributed by atoms with Crippen LogP contribution in [0.3, 0.4) is 0 Å². The molecule has 21 heavy (non-hydrogen) atoms. The van der Waals surface area contributed by atoms with Crippen LogP contribution in [-0.2, 0) is 11.3 Å². The van der Waals surface area contributed by atoms with Crippen LogP contribution in [0.25, 0.3) is 11.2 Å². The summed E-state index contributed by atoms with van der Waals surface area (Å²) in [5.41, 5.74) is 0.194. The van der Waals surface area contributed by atoms with Gasteiger partial charge in [0.1, 0.15) is 12.4 Å². The molecule has 0 amide bonds. The predicted octanol–water partition coefficient (Wildman–Crippen LogP) is 1.93. The number of rotatable bonds is 3. The lowest BCUT2D eigenvalue weighted by molar-refractivity contribution is -0.137. The summed E-state index contributed by atoms with van der Waals surface area (Å²) in [6.07, 6.45) is 6.00. The van der Waals surface area contributed by atoms with Gasteiger partial charge < -0.3 is 5.11 Å². The smallest absolute Gasteiger partial charge is 0.331 e. The van der Waals surface area contributed by atoms with Gasteiger partial charge in [-0.2, -0.15) is 0 Å². The minimum Gasteiger partial charge on any atom is -0.480 e. The Morgan fingerprint density at radius 3 is 2.76 bits per heavy atom. The molecule has 1 aliphatic carbocycles. The molecular formula is C14H16FN3O3. The Kier molecular flexibility index (Phi) is 3.48. The van der Waals surface area contributed by atoms with E-state index >= 15 is 0 Å². The second kappa shape index (κ2) is 5.31. The van der Waals surface area contributed by atoms with Crippen LogP contribution in [0, 0.1) is 5.82 Å². The maximum Gasteiger partial charge on any atom is 0.331 e. The number of fused-ring (bicyclic) bond motifs is 1. The monoisotopic (exact) mass is 293 g/mol. The molecule has 0 atom stereocenters. The van der Waals surface area contributed by atoms with Gasteiger partial charge in [-0.1, -0.05) is 19.3 Å². The average molecular weight is 293 g/mol. The Morgan fingerprint density at radius 2 is 2.10 bits per heavy atom. The lowest BCUT2D eigenvalue weighted by atomic mass is 9.95. The molecule has 1 fully saturated rings. The number of carbonyl (C=O) groups is 1. The van der Waals surface area contributed by atoms with Crippen molar-refractivity contribution < 1.29 is 14.3 Å². The number of hydrogen-bond donors (Lipinski definition) is 1. The van der Waals surface area contributed by atoms with Gasteiger partial charge in [-0.3, -0.25) is 13.9 Å². The fourth-order valence-corrected chi connectivity index (χ4v) is 3.09. The molecule has 0 radical (unpaired) electrons. The van der Waals surface area contributed by atoms with E-state index in [1.165, 1.54) is 10.6 Å². The Labute approximate surface area is 119 Å². The SMILES string of the molecule is O=C(O)Cn1c(=O)n(C2CCCCC2)c2ncc(F)cc21. The Morgan fingerprint density at radius 1 is 1.38 bits per heavy atom. The van der Waals surface area contributed by atoms with Crippen molar-refractivity contribution in [1.29, 1.82) is 0 Å². The van der Waals surface area contributed by atoms with E-state index in [4.69, 9.17) is 5.11 Å². The van der Waals surface area contributed by atoms with E-state index in [1.54, 1.807) is 0 Å². The third-order valence-corrected chi connectivity index (χ3v) is 4.00. The molecule has 112 valence electrons. The Hall–Kier alpha value is -2.18. The Bertz CT molecular complexity index is 744. The van der Waals surface area contributed by atoms with E-state index in [-0.39, 0.29) is 11.6 Å². The summed E-state index contributed by atoms with van der Waals surface area (Å²) in [5.74, 6) is -1.72. The van der Waals surface area contributed by atoms with Crippen molar-refractivity contribution in [3.8, 4) is 0 Å². The lowest BCUT2D eigenvalue weighted by Crippen LogP contribution is -2.30. The topological polar surface area (TPSA) is 77.1 Å². The number of nitrogens with zero attached hydrogens (tertiary/aromatic N) is 3. The number of carboxylic acids is 1.